The minimum absolute atomic E-state index is 0.00150. The van der Waals surface area contributed by atoms with Gasteiger partial charge in [0.25, 0.3) is 0 Å². The molecule has 0 aromatic heterocycles. The van der Waals surface area contributed by atoms with Crippen molar-refractivity contribution in [2.24, 2.45) is 5.73 Å². The molecule has 0 saturated heterocycles. The van der Waals surface area contributed by atoms with E-state index in [4.69, 9.17) is 10.5 Å². The van der Waals surface area contributed by atoms with E-state index in [1.54, 1.807) is 7.11 Å². The lowest BCUT2D eigenvalue weighted by Crippen LogP contribution is -2.33. The van der Waals surface area contributed by atoms with Crippen LogP contribution in [0, 0.1) is 0 Å². The average Bonchev–Trinajstić information content (AvgIpc) is 2.27. The van der Waals surface area contributed by atoms with E-state index in [2.05, 4.69) is 52.1 Å². The number of nitrogens with two attached hydrogens (primary N) is 1. The Morgan fingerprint density at radius 2 is 1.79 bits per heavy atom. The molecule has 0 unspecified atom stereocenters. The quantitative estimate of drug-likeness (QED) is 0.855. The second kappa shape index (κ2) is 5.83. The molecule has 1 aromatic carbocycles. The Morgan fingerprint density at radius 3 is 2.26 bits per heavy atom. The molecule has 0 spiro atoms. The number of anilines is 1. The molecule has 1 aromatic rings. The van der Waals surface area contributed by atoms with Crippen LogP contribution in [0.15, 0.2) is 18.2 Å². The van der Waals surface area contributed by atoms with Crippen LogP contribution in [-0.4, -0.2) is 19.2 Å². The van der Waals surface area contributed by atoms with Gasteiger partial charge in [-0.1, -0.05) is 20.8 Å². The van der Waals surface area contributed by atoms with Crippen molar-refractivity contribution in [1.29, 1.82) is 0 Å². The molecule has 3 nitrogen and oxygen atoms in total. The maximum absolute atomic E-state index is 5.65. The zero-order chi connectivity index (χ0) is 14.7. The molecular formula is C16H28N2O. The first-order valence-corrected chi connectivity index (χ1v) is 6.86. The molecular weight excluding hydrogens is 236 g/mol. The van der Waals surface area contributed by atoms with Crippen molar-refractivity contribution >= 4 is 5.69 Å². The van der Waals surface area contributed by atoms with Crippen molar-refractivity contribution in [2.45, 2.75) is 52.0 Å². The van der Waals surface area contributed by atoms with Crippen molar-refractivity contribution in [3.63, 3.8) is 0 Å². The maximum atomic E-state index is 5.65. The second-order valence-electron chi connectivity index (χ2n) is 6.71. The number of hydrogen-bond acceptors (Lipinski definition) is 3. The Balaban J connectivity index is 3.06. The van der Waals surface area contributed by atoms with Crippen LogP contribution in [0.3, 0.4) is 0 Å². The number of ether oxygens (including phenoxy) is 1. The second-order valence-corrected chi connectivity index (χ2v) is 6.71. The molecule has 0 aliphatic rings. The predicted octanol–water partition coefficient (Wildman–Crippen LogP) is 3.53. The highest BCUT2D eigenvalue weighted by Gasteiger charge is 2.21. The van der Waals surface area contributed by atoms with Gasteiger partial charge >= 0.3 is 0 Å². The number of rotatable bonds is 5. The molecule has 0 heterocycles. The molecule has 3 heteroatoms. The lowest BCUT2D eigenvalue weighted by molar-refractivity contribution is 0.397. The summed E-state index contributed by atoms with van der Waals surface area (Å²) in [5, 5.41) is 3.55. The highest BCUT2D eigenvalue weighted by Crippen LogP contribution is 2.34. The van der Waals surface area contributed by atoms with Crippen LogP contribution in [-0.2, 0) is 5.41 Å². The third kappa shape index (κ3) is 4.43. The van der Waals surface area contributed by atoms with Gasteiger partial charge in [-0.3, -0.25) is 0 Å². The molecule has 0 aliphatic heterocycles. The lowest BCUT2D eigenvalue weighted by atomic mass is 9.86. The molecule has 0 saturated carbocycles. The first kappa shape index (κ1) is 15.8. The molecule has 0 fully saturated rings. The van der Waals surface area contributed by atoms with E-state index in [1.807, 2.05) is 6.07 Å². The summed E-state index contributed by atoms with van der Waals surface area (Å²) in [5.74, 6) is 0.940. The van der Waals surface area contributed by atoms with E-state index < -0.39 is 0 Å². The van der Waals surface area contributed by atoms with Gasteiger partial charge in [-0.2, -0.15) is 0 Å². The van der Waals surface area contributed by atoms with Gasteiger partial charge in [0.2, 0.25) is 0 Å². The summed E-state index contributed by atoms with van der Waals surface area (Å²) in [7, 11) is 1.72. The van der Waals surface area contributed by atoms with Crippen LogP contribution < -0.4 is 15.8 Å². The summed E-state index contributed by atoms with van der Waals surface area (Å²) in [6.45, 7) is 11.6. The molecule has 19 heavy (non-hydrogen) atoms. The molecule has 0 atom stereocenters. The summed E-state index contributed by atoms with van der Waals surface area (Å²) >= 11 is 0. The monoisotopic (exact) mass is 264 g/mol. The normalized spacial score (nSPS) is 12.4. The molecule has 0 aliphatic carbocycles. The number of hydrogen-bond donors (Lipinski definition) is 2. The molecule has 0 amide bonds. The van der Waals surface area contributed by atoms with Crippen LogP contribution in [0.1, 0.15) is 46.6 Å². The van der Waals surface area contributed by atoms with Crippen LogP contribution in [0.4, 0.5) is 5.69 Å². The molecule has 0 radical (unpaired) electrons. The van der Waals surface area contributed by atoms with Gasteiger partial charge in [-0.15, -0.1) is 0 Å². The number of methoxy groups -OCH3 is 1. The highest BCUT2D eigenvalue weighted by molar-refractivity contribution is 5.54. The fourth-order valence-electron chi connectivity index (χ4n) is 2.19. The molecule has 1 rings (SSSR count). The number of benzene rings is 1. The predicted molar refractivity (Wildman–Crippen MR) is 83.1 cm³/mol. The third-order valence-corrected chi connectivity index (χ3v) is 3.26. The van der Waals surface area contributed by atoms with E-state index in [9.17, 15) is 0 Å². The molecule has 3 N–H and O–H groups in total. The van der Waals surface area contributed by atoms with E-state index in [0.29, 0.717) is 6.54 Å². The summed E-state index contributed by atoms with van der Waals surface area (Å²) in [6, 6.07) is 6.27. The van der Waals surface area contributed by atoms with Crippen molar-refractivity contribution in [3.05, 3.63) is 23.8 Å². The zero-order valence-electron chi connectivity index (χ0n) is 13.1. The molecule has 0 bridgehead atoms. The molecule has 108 valence electrons. The van der Waals surface area contributed by atoms with E-state index in [0.717, 1.165) is 17.9 Å². The SMILES string of the molecule is COc1ccc(NC(C)(C)CCN)cc1C(C)(C)C. The summed E-state index contributed by atoms with van der Waals surface area (Å²) in [5.41, 5.74) is 8.03. The summed E-state index contributed by atoms with van der Waals surface area (Å²) in [4.78, 5) is 0. The van der Waals surface area contributed by atoms with Gasteiger partial charge in [-0.05, 0) is 50.4 Å². The van der Waals surface area contributed by atoms with Gasteiger partial charge in [-0.25, -0.2) is 0 Å². The lowest BCUT2D eigenvalue weighted by Gasteiger charge is -2.29. The van der Waals surface area contributed by atoms with Crippen molar-refractivity contribution in [3.8, 4) is 5.75 Å². The Labute approximate surface area is 117 Å². The van der Waals surface area contributed by atoms with Gasteiger partial charge in [0.15, 0.2) is 0 Å². The van der Waals surface area contributed by atoms with Crippen LogP contribution in [0.5, 0.6) is 5.75 Å². The minimum atomic E-state index is -0.00150. The Hall–Kier alpha value is -1.22. The largest absolute Gasteiger partial charge is 0.496 e. The maximum Gasteiger partial charge on any atom is 0.122 e. The summed E-state index contributed by atoms with van der Waals surface area (Å²) < 4.78 is 5.46. The Bertz CT molecular complexity index is 419. The first-order valence-electron chi connectivity index (χ1n) is 6.86. The van der Waals surface area contributed by atoms with Crippen LogP contribution in [0.25, 0.3) is 0 Å². The van der Waals surface area contributed by atoms with Crippen molar-refractivity contribution in [2.75, 3.05) is 19.0 Å². The van der Waals surface area contributed by atoms with Crippen molar-refractivity contribution in [1.82, 2.24) is 0 Å². The van der Waals surface area contributed by atoms with E-state index in [-0.39, 0.29) is 11.0 Å². The summed E-state index contributed by atoms with van der Waals surface area (Å²) in [6.07, 6.45) is 0.934. The van der Waals surface area contributed by atoms with Gasteiger partial charge in [0.05, 0.1) is 7.11 Å². The van der Waals surface area contributed by atoms with Gasteiger partial charge < -0.3 is 15.8 Å². The third-order valence-electron chi connectivity index (χ3n) is 3.26. The first-order chi connectivity index (χ1) is 8.69. The topological polar surface area (TPSA) is 47.3 Å². The fourth-order valence-corrected chi connectivity index (χ4v) is 2.19. The Kier molecular flexibility index (Phi) is 4.86. The van der Waals surface area contributed by atoms with Crippen LogP contribution >= 0.6 is 0 Å². The van der Waals surface area contributed by atoms with Crippen molar-refractivity contribution < 1.29 is 4.74 Å². The standard InChI is InChI=1S/C16H28N2O/c1-15(2,3)13-11-12(7-8-14(13)19-6)18-16(4,5)9-10-17/h7-8,11,18H,9-10,17H2,1-6H3. The van der Waals surface area contributed by atoms with Crippen LogP contribution in [0.2, 0.25) is 0 Å². The Morgan fingerprint density at radius 1 is 1.16 bits per heavy atom. The highest BCUT2D eigenvalue weighted by atomic mass is 16.5. The van der Waals surface area contributed by atoms with Gasteiger partial charge in [0.1, 0.15) is 5.75 Å². The minimum Gasteiger partial charge on any atom is -0.496 e. The number of nitrogens with one attached hydrogen (secondary N) is 1. The van der Waals surface area contributed by atoms with E-state index in [1.165, 1.54) is 5.56 Å². The smallest absolute Gasteiger partial charge is 0.122 e. The average molecular weight is 264 g/mol. The fraction of sp³-hybridized carbons (Fsp3) is 0.625. The zero-order valence-corrected chi connectivity index (χ0v) is 13.1. The van der Waals surface area contributed by atoms with E-state index >= 15 is 0 Å². The van der Waals surface area contributed by atoms with Gasteiger partial charge in [0, 0.05) is 16.8 Å².